The van der Waals surface area contributed by atoms with Crippen LogP contribution in [-0.4, -0.2) is 18.2 Å². The van der Waals surface area contributed by atoms with E-state index < -0.39 is 0 Å². The lowest BCUT2D eigenvalue weighted by atomic mass is 10.1. The van der Waals surface area contributed by atoms with Gasteiger partial charge in [-0.2, -0.15) is 0 Å². The monoisotopic (exact) mass is 244 g/mol. The fourth-order valence-corrected chi connectivity index (χ4v) is 1.35. The molecule has 0 saturated heterocycles. The maximum absolute atomic E-state index is 10.2. The van der Waals surface area contributed by atoms with Gasteiger partial charge in [0.25, 0.3) is 0 Å². The highest BCUT2D eigenvalue weighted by atomic mass is 16.5. The Morgan fingerprint density at radius 3 is 2.28 bits per heavy atom. The van der Waals surface area contributed by atoms with Gasteiger partial charge in [0.2, 0.25) is 0 Å². The highest BCUT2D eigenvalue weighted by molar-refractivity contribution is 5.86. The Balaban J connectivity index is 0.000000203. The van der Waals surface area contributed by atoms with Crippen LogP contribution in [0.2, 0.25) is 0 Å². The zero-order valence-corrected chi connectivity index (χ0v) is 10.5. The minimum Gasteiger partial charge on any atom is -0.508 e. The summed E-state index contributed by atoms with van der Waals surface area (Å²) in [5, 5.41) is 11.4. The standard InChI is InChI=1S/C10H8O.C5H8O2/c11-10-6-5-8-3-1-2-4-9(8)7-10;1-4(2)5(6)7-3/h1-7,11H;1H2,2-3H3. The van der Waals surface area contributed by atoms with E-state index in [-0.39, 0.29) is 5.97 Å². The number of benzene rings is 2. The molecule has 1 N–H and O–H groups in total. The Labute approximate surface area is 106 Å². The predicted octanol–water partition coefficient (Wildman–Crippen LogP) is 3.28. The first kappa shape index (κ1) is 13.8. The number of phenols is 1. The summed E-state index contributed by atoms with van der Waals surface area (Å²) in [5.74, 6) is -0.0244. The van der Waals surface area contributed by atoms with E-state index in [2.05, 4.69) is 11.3 Å². The quantitative estimate of drug-likeness (QED) is 0.618. The van der Waals surface area contributed by atoms with Crippen LogP contribution in [0.15, 0.2) is 54.6 Å². The van der Waals surface area contributed by atoms with Gasteiger partial charge in [0.05, 0.1) is 7.11 Å². The highest BCUT2D eigenvalue weighted by Crippen LogP contribution is 2.18. The van der Waals surface area contributed by atoms with Crippen molar-refractivity contribution in [1.29, 1.82) is 0 Å². The third-order valence-corrected chi connectivity index (χ3v) is 2.27. The minimum atomic E-state index is -0.347. The summed E-state index contributed by atoms with van der Waals surface area (Å²) in [6, 6.07) is 13.3. The smallest absolute Gasteiger partial charge is 0.332 e. The number of hydrogen-bond acceptors (Lipinski definition) is 3. The predicted molar refractivity (Wildman–Crippen MR) is 72.4 cm³/mol. The first-order valence-electron chi connectivity index (χ1n) is 5.46. The Morgan fingerprint density at radius 1 is 1.17 bits per heavy atom. The van der Waals surface area contributed by atoms with Crippen LogP contribution in [0.1, 0.15) is 6.92 Å². The number of esters is 1. The van der Waals surface area contributed by atoms with E-state index in [0.29, 0.717) is 11.3 Å². The Kier molecular flexibility index (Phi) is 4.93. The van der Waals surface area contributed by atoms with Crippen molar-refractivity contribution < 1.29 is 14.6 Å². The molecule has 0 heterocycles. The number of carbonyl (C=O) groups excluding carboxylic acids is 1. The van der Waals surface area contributed by atoms with Gasteiger partial charge in [-0.3, -0.25) is 0 Å². The number of hydrogen-bond donors (Lipinski definition) is 1. The van der Waals surface area contributed by atoms with E-state index in [9.17, 15) is 4.79 Å². The van der Waals surface area contributed by atoms with Crippen LogP contribution in [0.4, 0.5) is 0 Å². The molecule has 0 fully saturated rings. The maximum Gasteiger partial charge on any atom is 0.332 e. The third-order valence-electron chi connectivity index (χ3n) is 2.27. The van der Waals surface area contributed by atoms with Crippen LogP contribution >= 0.6 is 0 Å². The zero-order valence-electron chi connectivity index (χ0n) is 10.5. The lowest BCUT2D eigenvalue weighted by Crippen LogP contribution is -1.98. The molecule has 3 heteroatoms. The van der Waals surface area contributed by atoms with E-state index >= 15 is 0 Å². The summed E-state index contributed by atoms with van der Waals surface area (Å²) in [6.07, 6.45) is 0. The second kappa shape index (κ2) is 6.45. The maximum atomic E-state index is 10.2. The van der Waals surface area contributed by atoms with Crippen LogP contribution < -0.4 is 0 Å². The van der Waals surface area contributed by atoms with E-state index in [0.717, 1.165) is 10.8 Å². The Morgan fingerprint density at radius 2 is 1.78 bits per heavy atom. The van der Waals surface area contributed by atoms with Crippen molar-refractivity contribution in [1.82, 2.24) is 0 Å². The molecule has 3 nitrogen and oxygen atoms in total. The highest BCUT2D eigenvalue weighted by Gasteiger charge is 1.95. The topological polar surface area (TPSA) is 46.5 Å². The Bertz CT molecular complexity index is 558. The molecule has 2 aromatic carbocycles. The van der Waals surface area contributed by atoms with Gasteiger partial charge in [-0.25, -0.2) is 4.79 Å². The van der Waals surface area contributed by atoms with Crippen LogP contribution in [-0.2, 0) is 9.53 Å². The van der Waals surface area contributed by atoms with E-state index in [1.165, 1.54) is 7.11 Å². The van der Waals surface area contributed by atoms with Gasteiger partial charge in [0, 0.05) is 5.57 Å². The summed E-state index contributed by atoms with van der Waals surface area (Å²) in [6.45, 7) is 4.95. The van der Waals surface area contributed by atoms with Crippen molar-refractivity contribution in [2.45, 2.75) is 6.92 Å². The normalized spacial score (nSPS) is 9.22. The zero-order chi connectivity index (χ0) is 13.5. The molecule has 0 unspecified atom stereocenters. The SMILES string of the molecule is C=C(C)C(=O)OC.Oc1ccc2ccccc2c1. The number of ether oxygens (including phenoxy) is 1. The largest absolute Gasteiger partial charge is 0.508 e. The second-order valence-electron chi connectivity index (χ2n) is 3.80. The van der Waals surface area contributed by atoms with Gasteiger partial charge in [-0.1, -0.05) is 36.9 Å². The van der Waals surface area contributed by atoms with E-state index in [1.54, 1.807) is 19.1 Å². The molecular weight excluding hydrogens is 228 g/mol. The summed E-state index contributed by atoms with van der Waals surface area (Å²) in [7, 11) is 1.33. The molecule has 0 bridgehead atoms. The molecular formula is C15H16O3. The lowest BCUT2D eigenvalue weighted by molar-refractivity contribution is -0.136. The number of aromatic hydroxyl groups is 1. The van der Waals surface area contributed by atoms with Gasteiger partial charge in [0.1, 0.15) is 5.75 Å². The van der Waals surface area contributed by atoms with Crippen molar-refractivity contribution in [3.05, 3.63) is 54.6 Å². The molecule has 0 aliphatic heterocycles. The summed E-state index contributed by atoms with van der Waals surface area (Å²) in [4.78, 5) is 10.2. The second-order valence-corrected chi connectivity index (χ2v) is 3.80. The van der Waals surface area contributed by atoms with Crippen LogP contribution in [0.25, 0.3) is 10.8 Å². The van der Waals surface area contributed by atoms with Crippen LogP contribution in [0.5, 0.6) is 5.75 Å². The summed E-state index contributed by atoms with van der Waals surface area (Å²) in [5.41, 5.74) is 0.433. The van der Waals surface area contributed by atoms with Crippen molar-refractivity contribution in [2.24, 2.45) is 0 Å². The van der Waals surface area contributed by atoms with E-state index in [4.69, 9.17) is 5.11 Å². The number of methoxy groups -OCH3 is 1. The fraction of sp³-hybridized carbons (Fsp3) is 0.133. The van der Waals surface area contributed by atoms with Crippen LogP contribution in [0, 0.1) is 0 Å². The molecule has 0 aliphatic carbocycles. The van der Waals surface area contributed by atoms with E-state index in [1.807, 2.05) is 30.3 Å². The third kappa shape index (κ3) is 3.94. The molecule has 94 valence electrons. The number of phenolic OH excluding ortho intramolecular Hbond substituents is 1. The van der Waals surface area contributed by atoms with Crippen molar-refractivity contribution in [2.75, 3.05) is 7.11 Å². The molecule has 2 aromatic rings. The average molecular weight is 244 g/mol. The molecule has 2 rings (SSSR count). The van der Waals surface area contributed by atoms with Crippen molar-refractivity contribution in [3.63, 3.8) is 0 Å². The lowest BCUT2D eigenvalue weighted by Gasteiger charge is -1.96. The molecule has 0 aromatic heterocycles. The number of carbonyl (C=O) groups is 1. The van der Waals surface area contributed by atoms with Crippen LogP contribution in [0.3, 0.4) is 0 Å². The molecule has 0 radical (unpaired) electrons. The summed E-state index contributed by atoms with van der Waals surface area (Å²) < 4.78 is 4.27. The van der Waals surface area contributed by atoms with Gasteiger partial charge >= 0.3 is 5.97 Å². The van der Waals surface area contributed by atoms with Gasteiger partial charge in [-0.05, 0) is 29.8 Å². The minimum absolute atomic E-state index is 0.323. The molecule has 18 heavy (non-hydrogen) atoms. The molecule has 0 spiro atoms. The van der Waals surface area contributed by atoms with Gasteiger partial charge in [-0.15, -0.1) is 0 Å². The molecule has 0 aliphatic rings. The van der Waals surface area contributed by atoms with Gasteiger partial charge < -0.3 is 9.84 Å². The van der Waals surface area contributed by atoms with Gasteiger partial charge in [0.15, 0.2) is 0 Å². The molecule has 0 amide bonds. The Hall–Kier alpha value is -2.29. The first-order valence-corrected chi connectivity index (χ1v) is 5.46. The first-order chi connectivity index (χ1) is 8.54. The number of fused-ring (bicyclic) bond motifs is 1. The van der Waals surface area contributed by atoms with Crippen molar-refractivity contribution in [3.8, 4) is 5.75 Å². The molecule has 0 saturated carbocycles. The summed E-state index contributed by atoms with van der Waals surface area (Å²) >= 11 is 0. The molecule has 0 atom stereocenters. The van der Waals surface area contributed by atoms with Crippen molar-refractivity contribution >= 4 is 16.7 Å². The fourth-order valence-electron chi connectivity index (χ4n) is 1.35. The number of rotatable bonds is 1. The average Bonchev–Trinajstić information content (AvgIpc) is 2.38.